The Kier molecular flexibility index (Phi) is 6.14. The van der Waals surface area contributed by atoms with Crippen LogP contribution in [-0.2, 0) is 14.3 Å². The van der Waals surface area contributed by atoms with Crippen LogP contribution in [0.2, 0.25) is 0 Å². The molecule has 0 fully saturated rings. The number of benzene rings is 2. The van der Waals surface area contributed by atoms with Gasteiger partial charge >= 0.3 is 5.97 Å². The van der Waals surface area contributed by atoms with Gasteiger partial charge in [0, 0.05) is 11.1 Å². The van der Waals surface area contributed by atoms with E-state index in [1.807, 2.05) is 54.6 Å². The summed E-state index contributed by atoms with van der Waals surface area (Å²) in [5, 5.41) is 9.50. The van der Waals surface area contributed by atoms with Crippen LogP contribution in [0.25, 0.3) is 11.3 Å². The molecule has 0 atom stereocenters. The van der Waals surface area contributed by atoms with E-state index in [4.69, 9.17) is 9.47 Å². The van der Waals surface area contributed by atoms with Crippen LogP contribution in [0.5, 0.6) is 0 Å². The summed E-state index contributed by atoms with van der Waals surface area (Å²) in [6, 6.07) is 22.2. The maximum absolute atomic E-state index is 12.2. The van der Waals surface area contributed by atoms with Crippen LogP contribution >= 0.6 is 0 Å². The number of hydrogen-bond donors (Lipinski definition) is 0. The number of carbonyl (C=O) groups excluding carboxylic acids is 1. The second kappa shape index (κ2) is 9.32. The predicted molar refractivity (Wildman–Crippen MR) is 120 cm³/mol. The van der Waals surface area contributed by atoms with Crippen molar-refractivity contribution in [1.29, 1.82) is 5.26 Å². The third-order valence-corrected chi connectivity index (χ3v) is 5.33. The average molecular weight is 409 g/mol. The number of hydrogen-bond acceptors (Lipinski definition) is 4. The molecule has 4 nitrogen and oxygen atoms in total. The number of rotatable bonds is 5. The summed E-state index contributed by atoms with van der Waals surface area (Å²) in [6.07, 6.45) is 6.24. The number of allylic oxidation sites excluding steroid dienone is 5. The van der Waals surface area contributed by atoms with E-state index in [2.05, 4.69) is 18.2 Å². The predicted octanol–water partition coefficient (Wildman–Crippen LogP) is 5.96. The zero-order valence-corrected chi connectivity index (χ0v) is 17.4. The number of nitrogens with zero attached hydrogens (tertiary/aromatic N) is 1. The molecule has 0 N–H and O–H groups in total. The Morgan fingerprint density at radius 3 is 2.39 bits per heavy atom. The van der Waals surface area contributed by atoms with Crippen molar-refractivity contribution in [3.8, 4) is 6.07 Å². The smallest absolute Gasteiger partial charge is 0.348 e. The first-order chi connectivity index (χ1) is 15.2. The Hall–Kier alpha value is -3.84. The Labute approximate surface area is 182 Å². The standard InChI is InChI=1S/C27H23NO3/c1-2-30-27(29)22(18-28)16-21-14-9-15-23-24(19-10-5-3-6-11-19)17-25(31-26(21)23)20-12-7-4-8-13-20/h3-8,10-13,16-17H,2,9,14-15H2,1H3/b22-16-. The first-order valence-corrected chi connectivity index (χ1v) is 10.5. The molecule has 2 aromatic carbocycles. The Morgan fingerprint density at radius 1 is 1.06 bits per heavy atom. The van der Waals surface area contributed by atoms with Gasteiger partial charge < -0.3 is 9.47 Å². The fourth-order valence-electron chi connectivity index (χ4n) is 3.90. The monoisotopic (exact) mass is 409 g/mol. The lowest BCUT2D eigenvalue weighted by Gasteiger charge is -2.29. The minimum atomic E-state index is -0.605. The van der Waals surface area contributed by atoms with E-state index in [0.29, 0.717) is 0 Å². The van der Waals surface area contributed by atoms with Gasteiger partial charge in [0.15, 0.2) is 0 Å². The molecule has 0 amide bonds. The Morgan fingerprint density at radius 2 is 1.74 bits per heavy atom. The Balaban J connectivity index is 1.88. The van der Waals surface area contributed by atoms with Crippen LogP contribution in [0.1, 0.15) is 37.3 Å². The van der Waals surface area contributed by atoms with E-state index >= 15 is 0 Å². The van der Waals surface area contributed by atoms with E-state index in [1.165, 1.54) is 0 Å². The van der Waals surface area contributed by atoms with Crippen LogP contribution < -0.4 is 0 Å². The van der Waals surface area contributed by atoms with Crippen molar-refractivity contribution >= 4 is 17.3 Å². The van der Waals surface area contributed by atoms with Gasteiger partial charge in [0.2, 0.25) is 0 Å². The minimum Gasteiger partial charge on any atom is -0.462 e. The van der Waals surface area contributed by atoms with Gasteiger partial charge in [-0.3, -0.25) is 0 Å². The van der Waals surface area contributed by atoms with E-state index in [9.17, 15) is 10.1 Å². The zero-order chi connectivity index (χ0) is 21.6. The zero-order valence-electron chi connectivity index (χ0n) is 17.4. The van der Waals surface area contributed by atoms with Gasteiger partial charge in [0.1, 0.15) is 23.2 Å². The molecular weight excluding hydrogens is 386 g/mol. The third-order valence-electron chi connectivity index (χ3n) is 5.33. The van der Waals surface area contributed by atoms with E-state index in [-0.39, 0.29) is 12.2 Å². The van der Waals surface area contributed by atoms with E-state index in [1.54, 1.807) is 13.0 Å². The van der Waals surface area contributed by atoms with E-state index in [0.717, 1.165) is 58.6 Å². The quantitative estimate of drug-likeness (QED) is 0.347. The maximum Gasteiger partial charge on any atom is 0.348 e. The third kappa shape index (κ3) is 4.36. The van der Waals surface area contributed by atoms with Crippen molar-refractivity contribution in [2.75, 3.05) is 6.61 Å². The van der Waals surface area contributed by atoms with Crippen LogP contribution in [0.4, 0.5) is 0 Å². The molecule has 0 saturated carbocycles. The lowest BCUT2D eigenvalue weighted by molar-refractivity contribution is -0.138. The van der Waals surface area contributed by atoms with Gasteiger partial charge in [0.05, 0.1) is 6.61 Å². The number of ether oxygens (including phenoxy) is 2. The van der Waals surface area contributed by atoms with Crippen molar-refractivity contribution in [3.05, 3.63) is 106 Å². The first-order valence-electron chi connectivity index (χ1n) is 10.5. The van der Waals surface area contributed by atoms with Crippen molar-refractivity contribution in [2.45, 2.75) is 26.2 Å². The summed E-state index contributed by atoms with van der Waals surface area (Å²) in [6.45, 7) is 1.95. The van der Waals surface area contributed by atoms with Crippen molar-refractivity contribution in [3.63, 3.8) is 0 Å². The number of esters is 1. The topological polar surface area (TPSA) is 59.3 Å². The Bertz CT molecular complexity index is 1150. The molecule has 4 rings (SSSR count). The van der Waals surface area contributed by atoms with Crippen molar-refractivity contribution in [1.82, 2.24) is 0 Å². The molecule has 1 aliphatic carbocycles. The molecule has 0 unspecified atom stereocenters. The lowest BCUT2D eigenvalue weighted by Crippen LogP contribution is -2.13. The lowest BCUT2D eigenvalue weighted by atomic mass is 9.85. The fourth-order valence-corrected chi connectivity index (χ4v) is 3.90. The van der Waals surface area contributed by atoms with Gasteiger partial charge in [-0.1, -0.05) is 60.7 Å². The molecule has 0 spiro atoms. The van der Waals surface area contributed by atoms with Gasteiger partial charge in [-0.2, -0.15) is 5.26 Å². The second-order valence-corrected chi connectivity index (χ2v) is 7.33. The second-order valence-electron chi connectivity index (χ2n) is 7.33. The molecule has 2 aliphatic rings. The fraction of sp³-hybridized carbons (Fsp3) is 0.185. The molecule has 2 aromatic rings. The van der Waals surface area contributed by atoms with Crippen LogP contribution in [0, 0.1) is 11.3 Å². The molecule has 0 aromatic heterocycles. The molecule has 0 saturated heterocycles. The van der Waals surface area contributed by atoms with Gasteiger partial charge in [-0.05, 0) is 55.0 Å². The van der Waals surface area contributed by atoms with Crippen molar-refractivity contribution in [2.24, 2.45) is 0 Å². The van der Waals surface area contributed by atoms with Gasteiger partial charge in [0.25, 0.3) is 0 Å². The molecule has 154 valence electrons. The maximum atomic E-state index is 12.2. The molecule has 4 heteroatoms. The summed E-state index contributed by atoms with van der Waals surface area (Å²) in [4.78, 5) is 12.2. The minimum absolute atomic E-state index is 0.00808. The summed E-state index contributed by atoms with van der Waals surface area (Å²) < 4.78 is 11.4. The summed E-state index contributed by atoms with van der Waals surface area (Å²) in [7, 11) is 0. The number of fused-ring (bicyclic) bond motifs is 1. The molecule has 31 heavy (non-hydrogen) atoms. The SMILES string of the molecule is CCOC(=O)/C(C#N)=C\C1=C2OC(c3ccccc3)=CC(c3ccccc3)=C2CCC1. The van der Waals surface area contributed by atoms with Crippen LogP contribution in [0.15, 0.2) is 95.3 Å². The normalized spacial score (nSPS) is 16.1. The summed E-state index contributed by atoms with van der Waals surface area (Å²) in [5.41, 5.74) is 5.14. The average Bonchev–Trinajstić information content (AvgIpc) is 2.83. The van der Waals surface area contributed by atoms with Crippen molar-refractivity contribution < 1.29 is 14.3 Å². The molecular formula is C27H23NO3. The summed E-state index contributed by atoms with van der Waals surface area (Å²) in [5.74, 6) is 0.885. The highest BCUT2D eigenvalue weighted by Crippen LogP contribution is 2.43. The molecule has 0 radical (unpaired) electrons. The highest BCUT2D eigenvalue weighted by molar-refractivity contribution is 5.94. The number of nitriles is 1. The summed E-state index contributed by atoms with van der Waals surface area (Å²) >= 11 is 0. The highest BCUT2D eigenvalue weighted by atomic mass is 16.5. The van der Waals surface area contributed by atoms with Gasteiger partial charge in [-0.15, -0.1) is 0 Å². The van der Waals surface area contributed by atoms with Gasteiger partial charge in [-0.25, -0.2) is 4.79 Å². The molecule has 1 heterocycles. The molecule has 0 bridgehead atoms. The molecule has 1 aliphatic heterocycles. The van der Waals surface area contributed by atoms with Crippen LogP contribution in [0.3, 0.4) is 0 Å². The largest absolute Gasteiger partial charge is 0.462 e. The highest BCUT2D eigenvalue weighted by Gasteiger charge is 2.28. The van der Waals surface area contributed by atoms with Crippen LogP contribution in [-0.4, -0.2) is 12.6 Å². The number of carbonyl (C=O) groups is 1. The first kappa shape index (κ1) is 20.4. The van der Waals surface area contributed by atoms with E-state index < -0.39 is 5.97 Å².